The maximum atomic E-state index is 11.2. The van der Waals surface area contributed by atoms with E-state index in [-0.39, 0.29) is 5.97 Å². The van der Waals surface area contributed by atoms with E-state index in [1.807, 2.05) is 0 Å². The van der Waals surface area contributed by atoms with E-state index in [1.165, 1.54) is 46.3 Å². The van der Waals surface area contributed by atoms with E-state index < -0.39 is 11.8 Å². The van der Waals surface area contributed by atoms with Crippen molar-refractivity contribution in [3.8, 4) is 0 Å². The predicted octanol–water partition coefficient (Wildman–Crippen LogP) is 3.26. The van der Waals surface area contributed by atoms with Gasteiger partial charge in [0, 0.05) is 20.0 Å². The summed E-state index contributed by atoms with van der Waals surface area (Å²) in [5.74, 6) is -1.26. The van der Waals surface area contributed by atoms with Gasteiger partial charge in [-0.05, 0) is 38.5 Å². The quantitative estimate of drug-likeness (QED) is 0.201. The molecule has 2 amide bonds. The Labute approximate surface area is 158 Å². The molecule has 6 heteroatoms. The second-order valence-electron chi connectivity index (χ2n) is 6.39. The predicted molar refractivity (Wildman–Crippen MR) is 104 cm³/mol. The first-order chi connectivity index (χ1) is 12.6. The summed E-state index contributed by atoms with van der Waals surface area (Å²) < 4.78 is 4.62. The number of ether oxygens (including phenoxy) is 1. The number of rotatable bonds is 15. The molecule has 150 valence electrons. The fourth-order valence-electron chi connectivity index (χ4n) is 2.54. The van der Waals surface area contributed by atoms with Gasteiger partial charge in [0.05, 0.1) is 7.11 Å². The molecule has 0 rings (SSSR count). The molecule has 0 aromatic rings. The minimum absolute atomic E-state index is 0.106. The summed E-state index contributed by atoms with van der Waals surface area (Å²) in [5.41, 5.74) is 0. The van der Waals surface area contributed by atoms with E-state index >= 15 is 0 Å². The summed E-state index contributed by atoms with van der Waals surface area (Å²) >= 11 is 0. The van der Waals surface area contributed by atoms with Crippen molar-refractivity contribution in [1.82, 2.24) is 10.6 Å². The number of amides is 2. The smallest absolute Gasteiger partial charge is 0.309 e. The van der Waals surface area contributed by atoms with Crippen LogP contribution in [-0.2, 0) is 19.1 Å². The van der Waals surface area contributed by atoms with Crippen molar-refractivity contribution in [2.75, 3.05) is 20.7 Å². The van der Waals surface area contributed by atoms with Crippen molar-refractivity contribution in [3.63, 3.8) is 0 Å². The molecule has 0 bridgehead atoms. The van der Waals surface area contributed by atoms with Gasteiger partial charge in [-0.15, -0.1) is 0 Å². The lowest BCUT2D eigenvalue weighted by atomic mass is 10.1. The molecule has 0 spiro atoms. The summed E-state index contributed by atoms with van der Waals surface area (Å²) in [6, 6.07) is 0. The van der Waals surface area contributed by atoms with E-state index in [2.05, 4.69) is 27.5 Å². The number of nitrogens with one attached hydrogen (secondary N) is 2. The zero-order chi connectivity index (χ0) is 19.5. The standard InChI is InChI=1S/C20H36N2O4/c1-21-19(24)20(25)22-17-15-13-11-9-7-5-3-4-6-8-10-12-14-16-18(23)26-2/h7,9H,3-6,8,10-17H2,1-2H3,(H,21,24)(H,22,25)/b9-7-. The second-order valence-corrected chi connectivity index (χ2v) is 6.39. The minimum Gasteiger partial charge on any atom is -0.469 e. The van der Waals surface area contributed by atoms with Crippen molar-refractivity contribution < 1.29 is 19.1 Å². The highest BCUT2D eigenvalue weighted by molar-refractivity contribution is 6.34. The molecule has 0 radical (unpaired) electrons. The van der Waals surface area contributed by atoms with Crippen LogP contribution in [0.4, 0.5) is 0 Å². The lowest BCUT2D eigenvalue weighted by molar-refractivity contribution is -0.140. The highest BCUT2D eigenvalue weighted by atomic mass is 16.5. The fraction of sp³-hybridized carbons (Fsp3) is 0.750. The van der Waals surface area contributed by atoms with Gasteiger partial charge in [-0.3, -0.25) is 14.4 Å². The first kappa shape index (κ1) is 24.1. The zero-order valence-electron chi connectivity index (χ0n) is 16.5. The first-order valence-corrected chi connectivity index (χ1v) is 9.83. The average molecular weight is 369 g/mol. The Hall–Kier alpha value is -1.85. The molecular formula is C20H36N2O4. The maximum absolute atomic E-state index is 11.2. The molecule has 0 atom stereocenters. The molecule has 0 aliphatic rings. The van der Waals surface area contributed by atoms with Crippen LogP contribution in [0.5, 0.6) is 0 Å². The molecule has 0 aliphatic carbocycles. The van der Waals surface area contributed by atoms with Crippen molar-refractivity contribution in [3.05, 3.63) is 12.2 Å². The van der Waals surface area contributed by atoms with Crippen LogP contribution < -0.4 is 10.6 Å². The average Bonchev–Trinajstić information content (AvgIpc) is 2.66. The topological polar surface area (TPSA) is 84.5 Å². The van der Waals surface area contributed by atoms with Gasteiger partial charge < -0.3 is 15.4 Å². The van der Waals surface area contributed by atoms with Crippen LogP contribution in [0.1, 0.15) is 77.0 Å². The number of hydrogen-bond donors (Lipinski definition) is 2. The van der Waals surface area contributed by atoms with Gasteiger partial charge in [-0.1, -0.05) is 44.3 Å². The molecule has 0 saturated carbocycles. The lowest BCUT2D eigenvalue weighted by Crippen LogP contribution is -2.38. The van der Waals surface area contributed by atoms with Gasteiger partial charge in [-0.25, -0.2) is 0 Å². The van der Waals surface area contributed by atoms with Crippen LogP contribution in [0.3, 0.4) is 0 Å². The van der Waals surface area contributed by atoms with Crippen LogP contribution >= 0.6 is 0 Å². The maximum Gasteiger partial charge on any atom is 0.309 e. The SMILES string of the molecule is CNC(=O)C(=O)NCCCC/C=C\CCCCCCCCCC(=O)OC. The van der Waals surface area contributed by atoms with Crippen molar-refractivity contribution in [2.45, 2.75) is 77.0 Å². The van der Waals surface area contributed by atoms with Crippen LogP contribution in [0.15, 0.2) is 12.2 Å². The molecule has 0 unspecified atom stereocenters. The van der Waals surface area contributed by atoms with E-state index in [0.29, 0.717) is 13.0 Å². The third-order valence-corrected chi connectivity index (χ3v) is 4.16. The molecule has 0 saturated heterocycles. The van der Waals surface area contributed by atoms with Gasteiger partial charge in [0.1, 0.15) is 0 Å². The Balaban J connectivity index is 3.25. The molecule has 0 fully saturated rings. The highest BCUT2D eigenvalue weighted by Gasteiger charge is 2.08. The zero-order valence-corrected chi connectivity index (χ0v) is 16.5. The monoisotopic (exact) mass is 368 g/mol. The molecule has 6 nitrogen and oxygen atoms in total. The van der Waals surface area contributed by atoms with Gasteiger partial charge in [0.2, 0.25) is 0 Å². The highest BCUT2D eigenvalue weighted by Crippen LogP contribution is 2.10. The van der Waals surface area contributed by atoms with E-state index in [4.69, 9.17) is 0 Å². The molecule has 0 aromatic heterocycles. The molecular weight excluding hydrogens is 332 g/mol. The molecule has 0 aliphatic heterocycles. The third-order valence-electron chi connectivity index (χ3n) is 4.16. The number of likely N-dealkylation sites (N-methyl/N-ethyl adjacent to an activating group) is 1. The van der Waals surface area contributed by atoms with Crippen molar-refractivity contribution in [2.24, 2.45) is 0 Å². The van der Waals surface area contributed by atoms with Crippen molar-refractivity contribution in [1.29, 1.82) is 0 Å². The normalized spacial score (nSPS) is 10.7. The number of unbranched alkanes of at least 4 members (excludes halogenated alkanes) is 9. The first-order valence-electron chi connectivity index (χ1n) is 9.83. The number of hydrogen-bond acceptors (Lipinski definition) is 4. The summed E-state index contributed by atoms with van der Waals surface area (Å²) in [6.45, 7) is 0.541. The Bertz CT molecular complexity index is 422. The van der Waals surface area contributed by atoms with Crippen molar-refractivity contribution >= 4 is 17.8 Å². The van der Waals surface area contributed by atoms with Gasteiger partial charge in [0.15, 0.2) is 0 Å². The van der Waals surface area contributed by atoms with E-state index in [1.54, 1.807) is 0 Å². The largest absolute Gasteiger partial charge is 0.469 e. The lowest BCUT2D eigenvalue weighted by Gasteiger charge is -2.02. The molecule has 26 heavy (non-hydrogen) atoms. The second kappa shape index (κ2) is 18.0. The third kappa shape index (κ3) is 15.7. The number of carbonyl (C=O) groups is 3. The Kier molecular flexibility index (Phi) is 16.7. The summed E-state index contributed by atoms with van der Waals surface area (Å²) in [5, 5.41) is 4.88. The number of allylic oxidation sites excluding steroid dienone is 2. The fourth-order valence-corrected chi connectivity index (χ4v) is 2.54. The Morgan fingerprint density at radius 1 is 0.769 bits per heavy atom. The molecule has 0 aromatic carbocycles. The van der Waals surface area contributed by atoms with Crippen LogP contribution in [0.2, 0.25) is 0 Å². The van der Waals surface area contributed by atoms with Gasteiger partial charge in [0.25, 0.3) is 0 Å². The Morgan fingerprint density at radius 2 is 1.31 bits per heavy atom. The number of carbonyl (C=O) groups excluding carboxylic acids is 3. The molecule has 2 N–H and O–H groups in total. The number of esters is 1. The van der Waals surface area contributed by atoms with Gasteiger partial charge in [-0.2, -0.15) is 0 Å². The van der Waals surface area contributed by atoms with E-state index in [9.17, 15) is 14.4 Å². The van der Waals surface area contributed by atoms with Crippen LogP contribution in [-0.4, -0.2) is 38.5 Å². The van der Waals surface area contributed by atoms with Gasteiger partial charge >= 0.3 is 17.8 Å². The van der Waals surface area contributed by atoms with Crippen LogP contribution in [0, 0.1) is 0 Å². The minimum atomic E-state index is -0.592. The number of methoxy groups -OCH3 is 1. The Morgan fingerprint density at radius 3 is 1.88 bits per heavy atom. The molecule has 0 heterocycles. The summed E-state index contributed by atoms with van der Waals surface area (Å²) in [4.78, 5) is 33.1. The van der Waals surface area contributed by atoms with Crippen LogP contribution in [0.25, 0.3) is 0 Å². The summed E-state index contributed by atoms with van der Waals surface area (Å²) in [7, 11) is 2.88. The summed E-state index contributed by atoms with van der Waals surface area (Å²) in [6.07, 6.45) is 17.2. The van der Waals surface area contributed by atoms with E-state index in [0.717, 1.165) is 38.5 Å².